The first kappa shape index (κ1) is 16.0. The van der Waals surface area contributed by atoms with Crippen molar-refractivity contribution in [1.82, 2.24) is 25.0 Å². The lowest BCUT2D eigenvalue weighted by Crippen LogP contribution is -2.39. The van der Waals surface area contributed by atoms with E-state index in [2.05, 4.69) is 38.4 Å². The van der Waals surface area contributed by atoms with Gasteiger partial charge in [0.25, 0.3) is 0 Å². The van der Waals surface area contributed by atoms with Gasteiger partial charge in [-0.05, 0) is 18.4 Å². The number of hydrogen-bond donors (Lipinski definition) is 1. The molecular weight excluding hydrogens is 308 g/mol. The molecular formula is C16H24N6S. The molecule has 1 atom stereocenters. The maximum absolute atomic E-state index is 4.46. The van der Waals surface area contributed by atoms with Crippen LogP contribution in [0.3, 0.4) is 0 Å². The molecule has 0 aromatic carbocycles. The smallest absolute Gasteiger partial charge is 0.194 e. The average Bonchev–Trinajstić information content (AvgIpc) is 3.28. The summed E-state index contributed by atoms with van der Waals surface area (Å²) in [5, 5.41) is 8.85. The van der Waals surface area contributed by atoms with Crippen molar-refractivity contribution in [1.29, 1.82) is 0 Å². The highest BCUT2D eigenvalue weighted by molar-refractivity contribution is 7.11. The minimum absolute atomic E-state index is 0.536. The molecule has 0 bridgehead atoms. The molecule has 1 saturated heterocycles. The van der Waals surface area contributed by atoms with Crippen LogP contribution in [0.1, 0.15) is 34.7 Å². The summed E-state index contributed by atoms with van der Waals surface area (Å²) in [6.07, 6.45) is 8.26. The molecule has 0 spiro atoms. The fourth-order valence-corrected chi connectivity index (χ4v) is 3.76. The SMILES string of the molecule is CCc1cnc(CNC(=NC)N2CCC(c3cnn(C)c3)C2)s1. The van der Waals surface area contributed by atoms with Crippen LogP contribution < -0.4 is 5.32 Å². The van der Waals surface area contributed by atoms with Crippen molar-refractivity contribution in [3.63, 3.8) is 0 Å². The predicted octanol–water partition coefficient (Wildman–Crippen LogP) is 2.00. The van der Waals surface area contributed by atoms with E-state index in [1.807, 2.05) is 31.2 Å². The maximum Gasteiger partial charge on any atom is 0.194 e. The van der Waals surface area contributed by atoms with E-state index < -0.39 is 0 Å². The number of aryl methyl sites for hydroxylation is 2. The van der Waals surface area contributed by atoms with Crippen LogP contribution in [0.25, 0.3) is 0 Å². The van der Waals surface area contributed by atoms with E-state index in [9.17, 15) is 0 Å². The predicted molar refractivity (Wildman–Crippen MR) is 93.8 cm³/mol. The Morgan fingerprint density at radius 2 is 2.35 bits per heavy atom. The van der Waals surface area contributed by atoms with Crippen LogP contribution in [-0.4, -0.2) is 45.8 Å². The summed E-state index contributed by atoms with van der Waals surface area (Å²) in [5.41, 5.74) is 1.32. The van der Waals surface area contributed by atoms with Gasteiger partial charge in [-0.2, -0.15) is 5.10 Å². The Kier molecular flexibility index (Phi) is 4.95. The van der Waals surface area contributed by atoms with E-state index in [0.29, 0.717) is 5.92 Å². The molecule has 2 aromatic rings. The summed E-state index contributed by atoms with van der Waals surface area (Å²) >= 11 is 1.77. The minimum atomic E-state index is 0.536. The van der Waals surface area contributed by atoms with E-state index >= 15 is 0 Å². The van der Waals surface area contributed by atoms with E-state index in [-0.39, 0.29) is 0 Å². The van der Waals surface area contributed by atoms with Crippen LogP contribution in [0.15, 0.2) is 23.6 Å². The Morgan fingerprint density at radius 3 is 3.00 bits per heavy atom. The number of hydrogen-bond acceptors (Lipinski definition) is 4. The quantitative estimate of drug-likeness (QED) is 0.687. The Labute approximate surface area is 141 Å². The molecule has 1 aliphatic rings. The van der Waals surface area contributed by atoms with Crippen LogP contribution in [0.2, 0.25) is 0 Å². The first-order valence-electron chi connectivity index (χ1n) is 8.07. The molecule has 1 unspecified atom stereocenters. The molecule has 0 radical (unpaired) electrons. The Bertz CT molecular complexity index is 674. The number of aliphatic imine (C=N–C) groups is 1. The summed E-state index contributed by atoms with van der Waals surface area (Å²) < 4.78 is 1.87. The van der Waals surface area contributed by atoms with Crippen molar-refractivity contribution >= 4 is 17.3 Å². The van der Waals surface area contributed by atoms with Crippen molar-refractivity contribution in [2.45, 2.75) is 32.2 Å². The van der Waals surface area contributed by atoms with Gasteiger partial charge in [0, 0.05) is 50.4 Å². The fourth-order valence-electron chi connectivity index (χ4n) is 2.96. The highest BCUT2D eigenvalue weighted by Crippen LogP contribution is 2.26. The molecule has 2 aromatic heterocycles. The molecule has 1 N–H and O–H groups in total. The summed E-state index contributed by atoms with van der Waals surface area (Å²) in [6, 6.07) is 0. The van der Waals surface area contributed by atoms with Crippen molar-refractivity contribution in [2.24, 2.45) is 12.0 Å². The minimum Gasteiger partial charge on any atom is -0.350 e. The number of thiazole rings is 1. The molecule has 3 heterocycles. The molecule has 3 rings (SSSR count). The van der Waals surface area contributed by atoms with Gasteiger partial charge < -0.3 is 10.2 Å². The lowest BCUT2D eigenvalue weighted by atomic mass is 10.0. The van der Waals surface area contributed by atoms with E-state index in [4.69, 9.17) is 0 Å². The van der Waals surface area contributed by atoms with Crippen molar-refractivity contribution in [3.05, 3.63) is 34.0 Å². The third-order valence-electron chi connectivity index (χ3n) is 4.24. The van der Waals surface area contributed by atoms with Gasteiger partial charge in [-0.1, -0.05) is 6.92 Å². The number of aromatic nitrogens is 3. The zero-order chi connectivity index (χ0) is 16.2. The summed E-state index contributed by atoms with van der Waals surface area (Å²) in [4.78, 5) is 12.5. The number of nitrogens with one attached hydrogen (secondary N) is 1. The van der Waals surface area contributed by atoms with Crippen LogP contribution in [0, 0.1) is 0 Å². The first-order valence-corrected chi connectivity index (χ1v) is 8.89. The highest BCUT2D eigenvalue weighted by atomic mass is 32.1. The molecule has 1 aliphatic heterocycles. The van der Waals surface area contributed by atoms with Gasteiger partial charge in [-0.15, -0.1) is 11.3 Å². The monoisotopic (exact) mass is 332 g/mol. The molecule has 124 valence electrons. The van der Waals surface area contributed by atoms with Crippen LogP contribution in [0.4, 0.5) is 0 Å². The van der Waals surface area contributed by atoms with Crippen molar-refractivity contribution in [2.75, 3.05) is 20.1 Å². The number of likely N-dealkylation sites (tertiary alicyclic amines) is 1. The van der Waals surface area contributed by atoms with E-state index in [0.717, 1.165) is 43.4 Å². The summed E-state index contributed by atoms with van der Waals surface area (Å²) in [5.74, 6) is 1.50. The summed E-state index contributed by atoms with van der Waals surface area (Å²) in [6.45, 7) is 4.92. The molecule has 1 fully saturated rings. The second-order valence-electron chi connectivity index (χ2n) is 5.85. The number of rotatable bonds is 4. The van der Waals surface area contributed by atoms with Crippen LogP contribution in [-0.2, 0) is 20.0 Å². The highest BCUT2D eigenvalue weighted by Gasteiger charge is 2.26. The van der Waals surface area contributed by atoms with E-state index in [1.165, 1.54) is 10.4 Å². The van der Waals surface area contributed by atoms with Gasteiger partial charge in [-0.25, -0.2) is 4.98 Å². The van der Waals surface area contributed by atoms with Crippen molar-refractivity contribution in [3.8, 4) is 0 Å². The first-order chi connectivity index (χ1) is 11.2. The van der Waals surface area contributed by atoms with Gasteiger partial charge in [0.1, 0.15) is 5.01 Å². The maximum atomic E-state index is 4.46. The number of guanidine groups is 1. The molecule has 0 aliphatic carbocycles. The lowest BCUT2D eigenvalue weighted by molar-refractivity contribution is 0.485. The fraction of sp³-hybridized carbons (Fsp3) is 0.562. The Balaban J connectivity index is 1.57. The molecule has 6 nitrogen and oxygen atoms in total. The average molecular weight is 332 g/mol. The van der Waals surface area contributed by atoms with Crippen LogP contribution in [0.5, 0.6) is 0 Å². The standard InChI is InChI=1S/C16H24N6S/c1-4-14-8-18-15(23-14)9-19-16(17-2)22-6-5-12(11-22)13-7-20-21(3)10-13/h7-8,10,12H,4-6,9,11H2,1-3H3,(H,17,19). The zero-order valence-corrected chi connectivity index (χ0v) is 14.8. The second-order valence-corrected chi connectivity index (χ2v) is 7.05. The van der Waals surface area contributed by atoms with Crippen molar-refractivity contribution < 1.29 is 0 Å². The third-order valence-corrected chi connectivity index (χ3v) is 5.39. The Hall–Kier alpha value is -1.89. The van der Waals surface area contributed by atoms with Crippen LogP contribution >= 0.6 is 11.3 Å². The van der Waals surface area contributed by atoms with Gasteiger partial charge >= 0.3 is 0 Å². The van der Waals surface area contributed by atoms with Gasteiger partial charge in [0.2, 0.25) is 0 Å². The van der Waals surface area contributed by atoms with E-state index in [1.54, 1.807) is 11.3 Å². The molecule has 23 heavy (non-hydrogen) atoms. The largest absolute Gasteiger partial charge is 0.350 e. The lowest BCUT2D eigenvalue weighted by Gasteiger charge is -2.21. The second kappa shape index (κ2) is 7.12. The topological polar surface area (TPSA) is 58.3 Å². The number of nitrogens with zero attached hydrogens (tertiary/aromatic N) is 5. The third kappa shape index (κ3) is 3.72. The van der Waals surface area contributed by atoms with Gasteiger partial charge in [0.05, 0.1) is 12.7 Å². The van der Waals surface area contributed by atoms with Gasteiger partial charge in [0.15, 0.2) is 5.96 Å². The molecule has 0 saturated carbocycles. The normalized spacial score (nSPS) is 18.7. The Morgan fingerprint density at radius 1 is 1.48 bits per heavy atom. The zero-order valence-electron chi connectivity index (χ0n) is 14.0. The summed E-state index contributed by atoms with van der Waals surface area (Å²) in [7, 11) is 3.81. The molecule has 0 amide bonds. The molecule has 7 heteroatoms. The van der Waals surface area contributed by atoms with Gasteiger partial charge in [-0.3, -0.25) is 9.67 Å².